The molecule has 0 aliphatic heterocycles. The molecule has 12 heavy (non-hydrogen) atoms. The standard InChI is InChI=1S/C6H8BrN3OS/c1-2-5-9-10-6(12-5)8-4(11)3-7/h2-3H2,1H3,(H,8,10,11). The predicted molar refractivity (Wildman–Crippen MR) is 51.7 cm³/mol. The van der Waals surface area contributed by atoms with Crippen LogP contribution in [0.2, 0.25) is 0 Å². The number of anilines is 1. The van der Waals surface area contributed by atoms with Gasteiger partial charge in [-0.05, 0) is 6.42 Å². The second-order valence-corrected chi connectivity index (χ2v) is 3.66. The molecule has 0 unspecified atom stereocenters. The van der Waals surface area contributed by atoms with E-state index in [1.807, 2.05) is 6.92 Å². The van der Waals surface area contributed by atoms with Crippen LogP contribution in [0.15, 0.2) is 0 Å². The fourth-order valence-electron chi connectivity index (χ4n) is 0.600. The van der Waals surface area contributed by atoms with Crippen LogP contribution in [0.5, 0.6) is 0 Å². The van der Waals surface area contributed by atoms with Crippen molar-refractivity contribution < 1.29 is 4.79 Å². The minimum atomic E-state index is -0.103. The van der Waals surface area contributed by atoms with Crippen molar-refractivity contribution in [3.05, 3.63) is 5.01 Å². The van der Waals surface area contributed by atoms with Crippen molar-refractivity contribution in [1.29, 1.82) is 0 Å². The number of hydrogen-bond donors (Lipinski definition) is 1. The summed E-state index contributed by atoms with van der Waals surface area (Å²) < 4.78 is 0. The summed E-state index contributed by atoms with van der Waals surface area (Å²) in [5.41, 5.74) is 0. The van der Waals surface area contributed by atoms with E-state index < -0.39 is 0 Å². The molecule has 0 atom stereocenters. The number of aryl methyl sites for hydroxylation is 1. The molecule has 1 rings (SSSR count). The maximum absolute atomic E-state index is 10.9. The van der Waals surface area contributed by atoms with Gasteiger partial charge in [-0.15, -0.1) is 10.2 Å². The van der Waals surface area contributed by atoms with E-state index in [4.69, 9.17) is 0 Å². The van der Waals surface area contributed by atoms with E-state index in [9.17, 15) is 4.79 Å². The molecule has 1 N–H and O–H groups in total. The third-order valence-electron chi connectivity index (χ3n) is 1.14. The third-order valence-corrected chi connectivity index (χ3v) is 2.63. The van der Waals surface area contributed by atoms with Gasteiger partial charge in [-0.2, -0.15) is 0 Å². The van der Waals surface area contributed by atoms with Crippen molar-refractivity contribution >= 4 is 38.3 Å². The molecule has 1 amide bonds. The molecule has 0 saturated heterocycles. The van der Waals surface area contributed by atoms with Gasteiger partial charge in [0.15, 0.2) is 0 Å². The van der Waals surface area contributed by atoms with Crippen LogP contribution in [-0.2, 0) is 11.2 Å². The lowest BCUT2D eigenvalue weighted by Gasteiger charge is -1.93. The van der Waals surface area contributed by atoms with Gasteiger partial charge in [0.1, 0.15) is 5.01 Å². The number of hydrogen-bond acceptors (Lipinski definition) is 4. The summed E-state index contributed by atoms with van der Waals surface area (Å²) in [7, 11) is 0. The van der Waals surface area contributed by atoms with Gasteiger partial charge < -0.3 is 0 Å². The Kier molecular flexibility index (Phi) is 3.61. The lowest BCUT2D eigenvalue weighted by Crippen LogP contribution is -2.11. The molecule has 0 radical (unpaired) electrons. The quantitative estimate of drug-likeness (QED) is 0.825. The monoisotopic (exact) mass is 249 g/mol. The topological polar surface area (TPSA) is 54.9 Å². The van der Waals surface area contributed by atoms with Crippen LogP contribution < -0.4 is 5.32 Å². The first-order valence-corrected chi connectivity index (χ1v) is 5.38. The lowest BCUT2D eigenvalue weighted by atomic mass is 10.5. The van der Waals surface area contributed by atoms with Crippen molar-refractivity contribution in [3.8, 4) is 0 Å². The minimum absolute atomic E-state index is 0.103. The second-order valence-electron chi connectivity index (χ2n) is 2.04. The van der Waals surface area contributed by atoms with Gasteiger partial charge in [-0.1, -0.05) is 34.2 Å². The van der Waals surface area contributed by atoms with Gasteiger partial charge in [-0.3, -0.25) is 10.1 Å². The summed E-state index contributed by atoms with van der Waals surface area (Å²) in [5, 5.41) is 12.0. The summed E-state index contributed by atoms with van der Waals surface area (Å²) >= 11 is 4.44. The summed E-state index contributed by atoms with van der Waals surface area (Å²) in [6.45, 7) is 2.00. The summed E-state index contributed by atoms with van der Waals surface area (Å²) in [5.74, 6) is -0.103. The fourth-order valence-corrected chi connectivity index (χ4v) is 1.44. The zero-order valence-corrected chi connectivity index (χ0v) is 8.91. The minimum Gasteiger partial charge on any atom is -0.300 e. The number of rotatable bonds is 3. The van der Waals surface area contributed by atoms with Crippen LogP contribution in [0, 0.1) is 0 Å². The van der Waals surface area contributed by atoms with Crippen molar-refractivity contribution in [1.82, 2.24) is 10.2 Å². The predicted octanol–water partition coefficient (Wildman–Crippen LogP) is 1.43. The molecule has 0 saturated carbocycles. The number of amides is 1. The zero-order chi connectivity index (χ0) is 8.97. The Hall–Kier alpha value is -0.490. The van der Waals surface area contributed by atoms with Crippen molar-refractivity contribution in [3.63, 3.8) is 0 Å². The Labute approximate surface area is 82.5 Å². The number of carbonyl (C=O) groups is 1. The number of aromatic nitrogens is 2. The molecule has 1 heterocycles. The Morgan fingerprint density at radius 3 is 2.92 bits per heavy atom. The van der Waals surface area contributed by atoms with E-state index in [0.29, 0.717) is 5.13 Å². The van der Waals surface area contributed by atoms with E-state index in [2.05, 4.69) is 31.4 Å². The van der Waals surface area contributed by atoms with E-state index in [1.54, 1.807) is 0 Å². The van der Waals surface area contributed by atoms with E-state index in [0.717, 1.165) is 11.4 Å². The van der Waals surface area contributed by atoms with Crippen molar-refractivity contribution in [2.75, 3.05) is 10.6 Å². The molecular weight excluding hydrogens is 242 g/mol. The molecule has 1 aromatic rings. The van der Waals surface area contributed by atoms with E-state index in [-0.39, 0.29) is 11.2 Å². The SMILES string of the molecule is CCc1nnc(NC(=O)CBr)s1. The Morgan fingerprint density at radius 1 is 1.67 bits per heavy atom. The fraction of sp³-hybridized carbons (Fsp3) is 0.500. The van der Waals surface area contributed by atoms with Gasteiger partial charge in [0.2, 0.25) is 11.0 Å². The van der Waals surface area contributed by atoms with Crippen molar-refractivity contribution in [2.45, 2.75) is 13.3 Å². The zero-order valence-electron chi connectivity index (χ0n) is 6.50. The average Bonchev–Trinajstić information content (AvgIpc) is 2.52. The third kappa shape index (κ3) is 2.53. The Balaban J connectivity index is 2.58. The van der Waals surface area contributed by atoms with Crippen LogP contribution in [0.4, 0.5) is 5.13 Å². The van der Waals surface area contributed by atoms with Gasteiger partial charge in [0.25, 0.3) is 0 Å². The second kappa shape index (κ2) is 4.51. The molecule has 0 bridgehead atoms. The highest BCUT2D eigenvalue weighted by atomic mass is 79.9. The highest BCUT2D eigenvalue weighted by molar-refractivity contribution is 9.09. The molecule has 4 nitrogen and oxygen atoms in total. The van der Waals surface area contributed by atoms with Gasteiger partial charge >= 0.3 is 0 Å². The Bertz CT molecular complexity index is 276. The number of nitrogens with one attached hydrogen (secondary N) is 1. The van der Waals surface area contributed by atoms with Gasteiger partial charge in [0, 0.05) is 0 Å². The largest absolute Gasteiger partial charge is 0.300 e. The first-order chi connectivity index (χ1) is 5.76. The molecule has 0 spiro atoms. The lowest BCUT2D eigenvalue weighted by molar-refractivity contribution is -0.113. The number of alkyl halides is 1. The van der Waals surface area contributed by atoms with Crippen LogP contribution in [-0.4, -0.2) is 21.4 Å². The first-order valence-electron chi connectivity index (χ1n) is 3.44. The number of carbonyl (C=O) groups excluding carboxylic acids is 1. The van der Waals surface area contributed by atoms with Gasteiger partial charge in [-0.25, -0.2) is 0 Å². The van der Waals surface area contributed by atoms with Crippen LogP contribution >= 0.6 is 27.3 Å². The highest BCUT2D eigenvalue weighted by Gasteiger charge is 2.04. The number of halogens is 1. The van der Waals surface area contributed by atoms with E-state index >= 15 is 0 Å². The molecule has 0 fully saturated rings. The average molecular weight is 250 g/mol. The molecule has 1 aromatic heterocycles. The van der Waals surface area contributed by atoms with Crippen LogP contribution in [0.1, 0.15) is 11.9 Å². The van der Waals surface area contributed by atoms with E-state index in [1.165, 1.54) is 11.3 Å². The molecular formula is C6H8BrN3OS. The maximum atomic E-state index is 10.9. The molecule has 0 aliphatic carbocycles. The van der Waals surface area contributed by atoms with Crippen LogP contribution in [0.3, 0.4) is 0 Å². The maximum Gasteiger partial charge on any atom is 0.236 e. The summed E-state index contributed by atoms with van der Waals surface area (Å²) in [6.07, 6.45) is 0.849. The Morgan fingerprint density at radius 2 is 2.42 bits per heavy atom. The summed E-state index contributed by atoms with van der Waals surface area (Å²) in [4.78, 5) is 10.9. The van der Waals surface area contributed by atoms with Crippen LogP contribution in [0.25, 0.3) is 0 Å². The smallest absolute Gasteiger partial charge is 0.236 e. The first kappa shape index (κ1) is 9.60. The molecule has 66 valence electrons. The number of nitrogens with zero attached hydrogens (tertiary/aromatic N) is 2. The molecule has 6 heteroatoms. The molecule has 0 aliphatic rings. The highest BCUT2D eigenvalue weighted by Crippen LogP contribution is 2.14. The summed E-state index contributed by atoms with van der Waals surface area (Å²) in [6, 6.07) is 0. The van der Waals surface area contributed by atoms with Crippen molar-refractivity contribution in [2.24, 2.45) is 0 Å². The normalized spacial score (nSPS) is 9.83. The van der Waals surface area contributed by atoms with Gasteiger partial charge in [0.05, 0.1) is 5.33 Å². The molecule has 0 aromatic carbocycles.